The number of methoxy groups -OCH3 is 1. The first-order valence-corrected chi connectivity index (χ1v) is 6.64. The van der Waals surface area contributed by atoms with Crippen molar-refractivity contribution in [2.45, 2.75) is 38.8 Å². The number of nitrogens with one attached hydrogen (secondary N) is 1. The van der Waals surface area contributed by atoms with Crippen molar-refractivity contribution in [3.05, 3.63) is 29.8 Å². The Hall–Kier alpha value is -1.06. The lowest BCUT2D eigenvalue weighted by Crippen LogP contribution is -2.22. The van der Waals surface area contributed by atoms with Crippen molar-refractivity contribution in [1.29, 1.82) is 0 Å². The van der Waals surface area contributed by atoms with Crippen LogP contribution in [0, 0.1) is 0 Å². The first-order valence-electron chi connectivity index (χ1n) is 6.64. The number of hydrogen-bond acceptors (Lipinski definition) is 3. The Labute approximate surface area is 110 Å². The molecule has 1 rings (SSSR count). The molecule has 2 atom stereocenters. The molecular formula is C15H25NO2. The first kappa shape index (κ1) is 15.0. The van der Waals surface area contributed by atoms with Crippen molar-refractivity contribution in [2.75, 3.05) is 20.8 Å². The highest BCUT2D eigenvalue weighted by Crippen LogP contribution is 2.28. The molecule has 0 heterocycles. The third-order valence-electron chi connectivity index (χ3n) is 3.07. The van der Waals surface area contributed by atoms with Crippen LogP contribution in [0.25, 0.3) is 0 Å². The molecule has 2 unspecified atom stereocenters. The lowest BCUT2D eigenvalue weighted by atomic mass is 10.0. The smallest absolute Gasteiger partial charge is 0.124 e. The minimum absolute atomic E-state index is 0.224. The second kappa shape index (κ2) is 8.11. The molecule has 0 spiro atoms. The molecule has 0 aromatic heterocycles. The normalized spacial score (nSPS) is 14.2. The van der Waals surface area contributed by atoms with Crippen LogP contribution < -0.4 is 10.1 Å². The zero-order valence-electron chi connectivity index (χ0n) is 11.9. The molecule has 0 bridgehead atoms. The van der Waals surface area contributed by atoms with Crippen molar-refractivity contribution in [3.63, 3.8) is 0 Å². The predicted octanol–water partition coefficient (Wildman–Crippen LogP) is 3.16. The van der Waals surface area contributed by atoms with Gasteiger partial charge in [0.2, 0.25) is 0 Å². The van der Waals surface area contributed by atoms with Crippen molar-refractivity contribution >= 4 is 0 Å². The quantitative estimate of drug-likeness (QED) is 0.770. The van der Waals surface area contributed by atoms with Gasteiger partial charge in [0, 0.05) is 18.7 Å². The first-order chi connectivity index (χ1) is 8.72. The Kier molecular flexibility index (Phi) is 6.76. The van der Waals surface area contributed by atoms with E-state index in [-0.39, 0.29) is 12.1 Å². The van der Waals surface area contributed by atoms with Crippen molar-refractivity contribution < 1.29 is 9.47 Å². The van der Waals surface area contributed by atoms with E-state index in [1.54, 1.807) is 7.11 Å². The number of para-hydroxylation sites is 1. The average molecular weight is 251 g/mol. The molecule has 102 valence electrons. The maximum absolute atomic E-state index is 5.80. The third-order valence-corrected chi connectivity index (χ3v) is 3.07. The Morgan fingerprint density at radius 2 is 2.00 bits per heavy atom. The topological polar surface area (TPSA) is 30.5 Å². The summed E-state index contributed by atoms with van der Waals surface area (Å²) in [6.45, 7) is 4.96. The van der Waals surface area contributed by atoms with E-state index in [9.17, 15) is 0 Å². The van der Waals surface area contributed by atoms with E-state index in [2.05, 4.69) is 31.3 Å². The number of benzene rings is 1. The molecule has 0 saturated carbocycles. The summed E-state index contributed by atoms with van der Waals surface area (Å²) < 4.78 is 11.1. The fourth-order valence-corrected chi connectivity index (χ4v) is 1.94. The summed E-state index contributed by atoms with van der Waals surface area (Å²) in [7, 11) is 3.72. The standard InChI is InChI=1S/C15H25NO2/c1-5-10-18-15-9-7-6-8-13(15)14(16-3)11-12(2)17-4/h6-9,12,14,16H,5,10-11H2,1-4H3. The van der Waals surface area contributed by atoms with Gasteiger partial charge < -0.3 is 14.8 Å². The van der Waals surface area contributed by atoms with Crippen LogP contribution in [0.1, 0.15) is 38.3 Å². The summed E-state index contributed by atoms with van der Waals surface area (Å²) in [6, 6.07) is 8.48. The Morgan fingerprint density at radius 1 is 1.28 bits per heavy atom. The molecule has 0 aliphatic rings. The molecule has 0 radical (unpaired) electrons. The Morgan fingerprint density at radius 3 is 2.61 bits per heavy atom. The van der Waals surface area contributed by atoms with Gasteiger partial charge in [-0.1, -0.05) is 25.1 Å². The van der Waals surface area contributed by atoms with E-state index in [0.29, 0.717) is 0 Å². The second-order valence-electron chi connectivity index (χ2n) is 4.51. The largest absolute Gasteiger partial charge is 0.493 e. The van der Waals surface area contributed by atoms with Gasteiger partial charge in [-0.3, -0.25) is 0 Å². The molecule has 3 heteroatoms. The van der Waals surface area contributed by atoms with Gasteiger partial charge in [0.15, 0.2) is 0 Å². The molecule has 1 aromatic rings. The predicted molar refractivity (Wildman–Crippen MR) is 75.1 cm³/mol. The highest BCUT2D eigenvalue weighted by molar-refractivity contribution is 5.36. The minimum Gasteiger partial charge on any atom is -0.493 e. The summed E-state index contributed by atoms with van der Waals surface area (Å²) in [4.78, 5) is 0. The second-order valence-corrected chi connectivity index (χ2v) is 4.51. The Bertz CT molecular complexity index is 341. The van der Waals surface area contributed by atoms with Crippen LogP contribution in [0.2, 0.25) is 0 Å². The maximum Gasteiger partial charge on any atom is 0.124 e. The molecule has 1 N–H and O–H groups in total. The average Bonchev–Trinajstić information content (AvgIpc) is 2.42. The molecule has 0 aliphatic heterocycles. The minimum atomic E-state index is 0.224. The number of ether oxygens (including phenoxy) is 2. The van der Waals surface area contributed by atoms with E-state index in [0.717, 1.165) is 25.2 Å². The van der Waals surface area contributed by atoms with Crippen LogP contribution in [-0.4, -0.2) is 26.9 Å². The van der Waals surface area contributed by atoms with Crippen molar-refractivity contribution in [3.8, 4) is 5.75 Å². The van der Waals surface area contributed by atoms with Gasteiger partial charge in [-0.25, -0.2) is 0 Å². The van der Waals surface area contributed by atoms with Gasteiger partial charge in [-0.05, 0) is 32.9 Å². The van der Waals surface area contributed by atoms with Crippen LogP contribution >= 0.6 is 0 Å². The van der Waals surface area contributed by atoms with Crippen LogP contribution in [0.4, 0.5) is 0 Å². The van der Waals surface area contributed by atoms with Gasteiger partial charge in [0.1, 0.15) is 5.75 Å². The molecule has 3 nitrogen and oxygen atoms in total. The summed E-state index contributed by atoms with van der Waals surface area (Å²) >= 11 is 0. The Balaban J connectivity index is 2.83. The lowest BCUT2D eigenvalue weighted by Gasteiger charge is -2.22. The van der Waals surface area contributed by atoms with Crippen molar-refractivity contribution in [1.82, 2.24) is 5.32 Å². The zero-order valence-corrected chi connectivity index (χ0v) is 11.9. The molecule has 0 aliphatic carbocycles. The molecule has 0 amide bonds. The van der Waals surface area contributed by atoms with E-state index in [1.807, 2.05) is 19.2 Å². The van der Waals surface area contributed by atoms with Crippen molar-refractivity contribution in [2.24, 2.45) is 0 Å². The molecule has 0 fully saturated rings. The van der Waals surface area contributed by atoms with E-state index < -0.39 is 0 Å². The van der Waals surface area contributed by atoms with Gasteiger partial charge >= 0.3 is 0 Å². The SMILES string of the molecule is CCCOc1ccccc1C(CC(C)OC)NC. The summed E-state index contributed by atoms with van der Waals surface area (Å²) in [6.07, 6.45) is 2.17. The van der Waals surface area contributed by atoms with Crippen LogP contribution in [0.3, 0.4) is 0 Å². The molecule has 18 heavy (non-hydrogen) atoms. The number of rotatable bonds is 8. The van der Waals surface area contributed by atoms with Crippen LogP contribution in [0.5, 0.6) is 5.75 Å². The monoisotopic (exact) mass is 251 g/mol. The molecule has 0 saturated heterocycles. The lowest BCUT2D eigenvalue weighted by molar-refractivity contribution is 0.101. The van der Waals surface area contributed by atoms with E-state index >= 15 is 0 Å². The summed E-state index contributed by atoms with van der Waals surface area (Å²) in [5.41, 5.74) is 1.21. The highest BCUT2D eigenvalue weighted by Gasteiger charge is 2.17. The van der Waals surface area contributed by atoms with E-state index in [1.165, 1.54) is 5.56 Å². The van der Waals surface area contributed by atoms with Gasteiger partial charge in [0.25, 0.3) is 0 Å². The number of hydrogen-bond donors (Lipinski definition) is 1. The fraction of sp³-hybridized carbons (Fsp3) is 0.600. The highest BCUT2D eigenvalue weighted by atomic mass is 16.5. The molecular weight excluding hydrogens is 226 g/mol. The van der Waals surface area contributed by atoms with Gasteiger partial charge in [0.05, 0.1) is 12.7 Å². The zero-order chi connectivity index (χ0) is 13.4. The van der Waals surface area contributed by atoms with E-state index in [4.69, 9.17) is 9.47 Å². The van der Waals surface area contributed by atoms with Crippen LogP contribution in [-0.2, 0) is 4.74 Å². The molecule has 1 aromatic carbocycles. The summed E-state index contributed by atoms with van der Waals surface area (Å²) in [5.74, 6) is 0.974. The van der Waals surface area contributed by atoms with Crippen LogP contribution in [0.15, 0.2) is 24.3 Å². The third kappa shape index (κ3) is 4.31. The fourth-order valence-electron chi connectivity index (χ4n) is 1.94. The summed E-state index contributed by atoms with van der Waals surface area (Å²) in [5, 5.41) is 3.34. The maximum atomic E-state index is 5.80. The van der Waals surface area contributed by atoms with Gasteiger partial charge in [-0.2, -0.15) is 0 Å². The van der Waals surface area contributed by atoms with Gasteiger partial charge in [-0.15, -0.1) is 0 Å².